The molecule has 1 unspecified atom stereocenters. The molecule has 1 fully saturated rings. The van der Waals surface area contributed by atoms with Crippen molar-refractivity contribution in [2.75, 3.05) is 6.54 Å². The van der Waals surface area contributed by atoms with Crippen molar-refractivity contribution in [2.24, 2.45) is 13.0 Å². The van der Waals surface area contributed by atoms with E-state index in [2.05, 4.69) is 40.5 Å². The van der Waals surface area contributed by atoms with E-state index in [-0.39, 0.29) is 11.8 Å². The van der Waals surface area contributed by atoms with E-state index in [1.807, 2.05) is 17.9 Å². The second-order valence-electron chi connectivity index (χ2n) is 7.25. The predicted octanol–water partition coefficient (Wildman–Crippen LogP) is 3.47. The van der Waals surface area contributed by atoms with Crippen LogP contribution in [-0.2, 0) is 18.4 Å². The first-order chi connectivity index (χ1) is 11.7. The lowest BCUT2D eigenvalue weighted by Gasteiger charge is -2.37. The molecule has 0 spiro atoms. The van der Waals surface area contributed by atoms with Crippen LogP contribution in [-0.4, -0.2) is 27.1 Å². The molecule has 2 aromatic rings. The number of benzene rings is 1. The third-order valence-corrected chi connectivity index (χ3v) is 5.59. The Kier molecular flexibility index (Phi) is 4.13. The Hall–Kier alpha value is -2.10. The van der Waals surface area contributed by atoms with Crippen molar-refractivity contribution in [3.05, 3.63) is 53.3 Å². The topological polar surface area (TPSA) is 38.1 Å². The summed E-state index contributed by atoms with van der Waals surface area (Å²) in [5, 5.41) is 4.34. The summed E-state index contributed by atoms with van der Waals surface area (Å²) in [6, 6.07) is 8.54. The highest BCUT2D eigenvalue weighted by Crippen LogP contribution is 2.35. The molecule has 4 nitrogen and oxygen atoms in total. The standard InChI is InChI=1S/C20H25N3O/c1-22-12-17(11-21-22)19-14-23(13-16-9-5-6-10-18(16)19)20(24)15-7-3-2-4-8-15/h5-6,9-12,15,19H,2-4,7-8,13-14H2,1H3. The van der Waals surface area contributed by atoms with Crippen LogP contribution < -0.4 is 0 Å². The van der Waals surface area contributed by atoms with Crippen LogP contribution in [0.25, 0.3) is 0 Å². The number of fused-ring (bicyclic) bond motifs is 1. The molecule has 0 bridgehead atoms. The maximum atomic E-state index is 13.1. The van der Waals surface area contributed by atoms with Crippen molar-refractivity contribution in [3.8, 4) is 0 Å². The first-order valence-electron chi connectivity index (χ1n) is 9.07. The highest BCUT2D eigenvalue weighted by molar-refractivity contribution is 5.79. The number of nitrogens with zero attached hydrogens (tertiary/aromatic N) is 3. The number of hydrogen-bond donors (Lipinski definition) is 0. The molecule has 1 saturated carbocycles. The Morgan fingerprint density at radius 1 is 1.17 bits per heavy atom. The zero-order valence-electron chi connectivity index (χ0n) is 14.3. The van der Waals surface area contributed by atoms with Crippen LogP contribution in [0.15, 0.2) is 36.7 Å². The lowest BCUT2D eigenvalue weighted by atomic mass is 9.84. The third-order valence-electron chi connectivity index (χ3n) is 5.59. The predicted molar refractivity (Wildman–Crippen MR) is 93.5 cm³/mol. The highest BCUT2D eigenvalue weighted by Gasteiger charge is 2.33. The third kappa shape index (κ3) is 2.85. The minimum atomic E-state index is 0.233. The molecule has 2 heterocycles. The van der Waals surface area contributed by atoms with Crippen molar-refractivity contribution in [3.63, 3.8) is 0 Å². The fourth-order valence-corrected chi connectivity index (χ4v) is 4.29. The zero-order chi connectivity index (χ0) is 16.5. The molecule has 24 heavy (non-hydrogen) atoms. The average molecular weight is 323 g/mol. The minimum absolute atomic E-state index is 0.233. The van der Waals surface area contributed by atoms with Gasteiger partial charge in [0.15, 0.2) is 0 Å². The van der Waals surface area contributed by atoms with Gasteiger partial charge in [-0.25, -0.2) is 0 Å². The SMILES string of the molecule is Cn1cc(C2CN(C(=O)C3CCCCC3)Cc3ccccc32)cn1. The van der Waals surface area contributed by atoms with Gasteiger partial charge in [-0.1, -0.05) is 43.5 Å². The summed E-state index contributed by atoms with van der Waals surface area (Å²) in [5.74, 6) is 0.827. The molecule has 4 heteroatoms. The summed E-state index contributed by atoms with van der Waals surface area (Å²) in [4.78, 5) is 15.1. The molecule has 126 valence electrons. The molecule has 1 aliphatic heterocycles. The molecule has 1 aliphatic carbocycles. The summed E-state index contributed by atoms with van der Waals surface area (Å²) in [6.07, 6.45) is 9.83. The summed E-state index contributed by atoms with van der Waals surface area (Å²) in [7, 11) is 1.95. The number of carbonyl (C=O) groups is 1. The maximum Gasteiger partial charge on any atom is 0.226 e. The summed E-state index contributed by atoms with van der Waals surface area (Å²) < 4.78 is 1.85. The van der Waals surface area contributed by atoms with E-state index in [0.717, 1.165) is 25.9 Å². The molecule has 0 N–H and O–H groups in total. The van der Waals surface area contributed by atoms with Crippen molar-refractivity contribution in [2.45, 2.75) is 44.6 Å². The van der Waals surface area contributed by atoms with E-state index in [1.165, 1.54) is 36.0 Å². The van der Waals surface area contributed by atoms with Gasteiger partial charge in [-0.2, -0.15) is 5.10 Å². The van der Waals surface area contributed by atoms with E-state index in [0.29, 0.717) is 5.91 Å². The van der Waals surface area contributed by atoms with Gasteiger partial charge in [-0.15, -0.1) is 0 Å². The quantitative estimate of drug-likeness (QED) is 0.849. The number of aryl methyl sites for hydroxylation is 1. The lowest BCUT2D eigenvalue weighted by Crippen LogP contribution is -2.42. The summed E-state index contributed by atoms with van der Waals surface area (Å²) in [6.45, 7) is 1.53. The molecule has 4 rings (SSSR count). The second-order valence-corrected chi connectivity index (χ2v) is 7.25. The second kappa shape index (κ2) is 6.42. The molecule has 1 amide bonds. The fourth-order valence-electron chi connectivity index (χ4n) is 4.29. The van der Waals surface area contributed by atoms with Crippen LogP contribution in [0.5, 0.6) is 0 Å². The zero-order valence-corrected chi connectivity index (χ0v) is 14.3. The highest BCUT2D eigenvalue weighted by atomic mass is 16.2. The Morgan fingerprint density at radius 3 is 2.71 bits per heavy atom. The van der Waals surface area contributed by atoms with Gasteiger partial charge in [-0.05, 0) is 29.5 Å². The molecule has 2 aliphatic rings. The van der Waals surface area contributed by atoms with Crippen LogP contribution in [0.2, 0.25) is 0 Å². The number of amides is 1. The average Bonchev–Trinajstić information content (AvgIpc) is 3.07. The Balaban J connectivity index is 1.63. The number of hydrogen-bond acceptors (Lipinski definition) is 2. The van der Waals surface area contributed by atoms with Gasteiger partial charge < -0.3 is 4.90 Å². The Labute approximate surface area is 143 Å². The van der Waals surface area contributed by atoms with E-state index in [4.69, 9.17) is 0 Å². The van der Waals surface area contributed by atoms with E-state index >= 15 is 0 Å². The molecule has 1 aromatic carbocycles. The van der Waals surface area contributed by atoms with Gasteiger partial charge >= 0.3 is 0 Å². The van der Waals surface area contributed by atoms with Crippen molar-refractivity contribution in [1.82, 2.24) is 14.7 Å². The largest absolute Gasteiger partial charge is 0.337 e. The Bertz CT molecular complexity index is 730. The Morgan fingerprint density at radius 2 is 1.96 bits per heavy atom. The number of aromatic nitrogens is 2. The number of carbonyl (C=O) groups excluding carboxylic acids is 1. The van der Waals surface area contributed by atoms with Gasteiger partial charge in [0.25, 0.3) is 0 Å². The molecular formula is C20H25N3O. The molecular weight excluding hydrogens is 298 g/mol. The van der Waals surface area contributed by atoms with Gasteiger partial charge in [0.1, 0.15) is 0 Å². The molecule has 0 radical (unpaired) electrons. The fraction of sp³-hybridized carbons (Fsp3) is 0.500. The monoisotopic (exact) mass is 323 g/mol. The van der Waals surface area contributed by atoms with Crippen molar-refractivity contribution in [1.29, 1.82) is 0 Å². The van der Waals surface area contributed by atoms with Crippen LogP contribution in [0.1, 0.15) is 54.7 Å². The first kappa shape index (κ1) is 15.4. The van der Waals surface area contributed by atoms with Crippen LogP contribution in [0.3, 0.4) is 0 Å². The van der Waals surface area contributed by atoms with Gasteiger partial charge in [0.2, 0.25) is 5.91 Å². The maximum absolute atomic E-state index is 13.1. The van der Waals surface area contributed by atoms with E-state index in [9.17, 15) is 4.79 Å². The smallest absolute Gasteiger partial charge is 0.226 e. The van der Waals surface area contributed by atoms with Crippen molar-refractivity contribution >= 4 is 5.91 Å². The molecule has 0 saturated heterocycles. The van der Waals surface area contributed by atoms with Gasteiger partial charge in [0, 0.05) is 38.2 Å². The van der Waals surface area contributed by atoms with Crippen molar-refractivity contribution < 1.29 is 4.79 Å². The van der Waals surface area contributed by atoms with Crippen LogP contribution in [0, 0.1) is 5.92 Å². The molecule has 1 atom stereocenters. The normalized spacial score (nSPS) is 21.5. The van der Waals surface area contributed by atoms with Gasteiger partial charge in [0.05, 0.1) is 6.20 Å². The van der Waals surface area contributed by atoms with Crippen LogP contribution in [0.4, 0.5) is 0 Å². The first-order valence-corrected chi connectivity index (χ1v) is 9.07. The van der Waals surface area contributed by atoms with E-state index in [1.54, 1.807) is 0 Å². The minimum Gasteiger partial charge on any atom is -0.337 e. The summed E-state index contributed by atoms with van der Waals surface area (Å²) in [5.41, 5.74) is 3.83. The number of rotatable bonds is 2. The van der Waals surface area contributed by atoms with Crippen LogP contribution >= 0.6 is 0 Å². The summed E-state index contributed by atoms with van der Waals surface area (Å²) >= 11 is 0. The molecule has 1 aromatic heterocycles. The van der Waals surface area contributed by atoms with E-state index < -0.39 is 0 Å². The van der Waals surface area contributed by atoms with Gasteiger partial charge in [-0.3, -0.25) is 9.48 Å². The lowest BCUT2D eigenvalue weighted by molar-refractivity contribution is -0.137.